The monoisotopic (exact) mass is 324 g/mol. The summed E-state index contributed by atoms with van der Waals surface area (Å²) in [6.45, 7) is 1.24. The van der Waals surface area contributed by atoms with Gasteiger partial charge in [-0.05, 0) is 36.8 Å². The molecular formula is C18H17FN4O. The number of amides is 1. The number of benzene rings is 1. The molecule has 1 atom stereocenters. The Bertz CT molecular complexity index is 920. The molecule has 1 amide bonds. The van der Waals surface area contributed by atoms with Gasteiger partial charge in [-0.15, -0.1) is 0 Å². The zero-order chi connectivity index (χ0) is 16.7. The molecule has 6 heteroatoms. The molecule has 2 aromatic heterocycles. The number of pyridine rings is 1. The largest absolute Gasteiger partial charge is 0.338 e. The van der Waals surface area contributed by atoms with Crippen molar-refractivity contribution in [2.75, 3.05) is 13.1 Å². The van der Waals surface area contributed by atoms with Crippen molar-refractivity contribution in [2.45, 2.75) is 12.3 Å². The first-order chi connectivity index (χ1) is 11.6. The first-order valence-corrected chi connectivity index (χ1v) is 7.95. The number of halogens is 1. The lowest BCUT2D eigenvalue weighted by Gasteiger charge is -2.16. The van der Waals surface area contributed by atoms with E-state index >= 15 is 0 Å². The number of aromatic nitrogens is 3. The molecular weight excluding hydrogens is 307 g/mol. The van der Waals surface area contributed by atoms with E-state index in [1.807, 2.05) is 23.7 Å². The second-order valence-corrected chi connectivity index (χ2v) is 6.12. The van der Waals surface area contributed by atoms with E-state index in [1.165, 1.54) is 12.1 Å². The average molecular weight is 324 g/mol. The molecule has 1 aromatic carbocycles. The van der Waals surface area contributed by atoms with Gasteiger partial charge >= 0.3 is 0 Å². The number of fused-ring (bicyclic) bond motifs is 1. The smallest absolute Gasteiger partial charge is 0.253 e. The highest BCUT2D eigenvalue weighted by Crippen LogP contribution is 2.29. The first kappa shape index (κ1) is 14.8. The van der Waals surface area contributed by atoms with E-state index in [1.54, 1.807) is 23.2 Å². The highest BCUT2D eigenvalue weighted by Gasteiger charge is 2.31. The number of hydrogen-bond donors (Lipinski definition) is 0. The van der Waals surface area contributed by atoms with Gasteiger partial charge in [0.15, 0.2) is 5.65 Å². The third kappa shape index (κ3) is 2.44. The van der Waals surface area contributed by atoms with Crippen molar-refractivity contribution in [3.05, 3.63) is 59.8 Å². The molecule has 1 aliphatic heterocycles. The Kier molecular flexibility index (Phi) is 3.52. The second-order valence-electron chi connectivity index (χ2n) is 6.12. The van der Waals surface area contributed by atoms with Gasteiger partial charge in [-0.2, -0.15) is 0 Å². The normalized spacial score (nSPS) is 17.6. The number of carbonyl (C=O) groups is 1. The van der Waals surface area contributed by atoms with Gasteiger partial charge in [-0.25, -0.2) is 14.4 Å². The Hall–Kier alpha value is -2.76. The van der Waals surface area contributed by atoms with E-state index in [2.05, 4.69) is 9.97 Å². The molecule has 0 N–H and O–H groups in total. The van der Waals surface area contributed by atoms with Crippen molar-refractivity contribution >= 4 is 17.1 Å². The number of carbonyl (C=O) groups excluding carboxylic acids is 1. The maximum Gasteiger partial charge on any atom is 0.253 e. The minimum atomic E-state index is -0.391. The maximum atomic E-state index is 13.3. The van der Waals surface area contributed by atoms with Gasteiger partial charge in [-0.3, -0.25) is 4.79 Å². The molecule has 122 valence electrons. The summed E-state index contributed by atoms with van der Waals surface area (Å²) in [5, 5.41) is 0. The zero-order valence-electron chi connectivity index (χ0n) is 13.3. The van der Waals surface area contributed by atoms with Crippen molar-refractivity contribution in [1.29, 1.82) is 0 Å². The summed E-state index contributed by atoms with van der Waals surface area (Å²) in [6, 6.07) is 9.65. The van der Waals surface area contributed by atoms with Crippen LogP contribution < -0.4 is 0 Å². The van der Waals surface area contributed by atoms with Gasteiger partial charge in [0.2, 0.25) is 0 Å². The Morgan fingerprint density at radius 2 is 2.17 bits per heavy atom. The lowest BCUT2D eigenvalue weighted by Crippen LogP contribution is -2.28. The predicted molar refractivity (Wildman–Crippen MR) is 88.2 cm³/mol. The van der Waals surface area contributed by atoms with E-state index in [9.17, 15) is 9.18 Å². The van der Waals surface area contributed by atoms with Crippen molar-refractivity contribution in [1.82, 2.24) is 19.4 Å². The van der Waals surface area contributed by atoms with Crippen LogP contribution in [-0.2, 0) is 7.05 Å². The van der Waals surface area contributed by atoms with E-state index in [0.29, 0.717) is 18.7 Å². The number of imidazole rings is 1. The number of likely N-dealkylation sites (tertiary alicyclic amines) is 1. The summed E-state index contributed by atoms with van der Waals surface area (Å²) in [6.07, 6.45) is 2.60. The van der Waals surface area contributed by atoms with Crippen LogP contribution in [0.15, 0.2) is 42.6 Å². The highest BCUT2D eigenvalue weighted by molar-refractivity contribution is 5.94. The summed E-state index contributed by atoms with van der Waals surface area (Å²) < 4.78 is 15.3. The van der Waals surface area contributed by atoms with Gasteiger partial charge in [0, 0.05) is 37.8 Å². The molecule has 0 bridgehead atoms. The molecule has 4 rings (SSSR count). The van der Waals surface area contributed by atoms with Crippen molar-refractivity contribution in [2.24, 2.45) is 7.05 Å². The molecule has 1 saturated heterocycles. The zero-order valence-corrected chi connectivity index (χ0v) is 13.3. The molecule has 5 nitrogen and oxygen atoms in total. The Morgan fingerprint density at radius 3 is 2.96 bits per heavy atom. The van der Waals surface area contributed by atoms with E-state index < -0.39 is 5.82 Å². The van der Waals surface area contributed by atoms with Crippen molar-refractivity contribution in [3.63, 3.8) is 0 Å². The fourth-order valence-corrected chi connectivity index (χ4v) is 3.37. The minimum Gasteiger partial charge on any atom is -0.338 e. The van der Waals surface area contributed by atoms with Gasteiger partial charge in [0.1, 0.15) is 17.2 Å². The van der Waals surface area contributed by atoms with Crippen LogP contribution in [0.5, 0.6) is 0 Å². The fraction of sp³-hybridized carbons (Fsp3) is 0.278. The summed E-state index contributed by atoms with van der Waals surface area (Å²) in [5.74, 6) is 0.590. The lowest BCUT2D eigenvalue weighted by atomic mass is 10.1. The van der Waals surface area contributed by atoms with Gasteiger partial charge < -0.3 is 9.47 Å². The molecule has 0 radical (unpaired) electrons. The van der Waals surface area contributed by atoms with Crippen LogP contribution in [0, 0.1) is 5.82 Å². The third-order valence-electron chi connectivity index (χ3n) is 4.57. The summed E-state index contributed by atoms with van der Waals surface area (Å²) in [7, 11) is 1.95. The first-order valence-electron chi connectivity index (χ1n) is 7.95. The molecule has 0 aliphatic carbocycles. The van der Waals surface area contributed by atoms with Crippen LogP contribution in [0.3, 0.4) is 0 Å². The molecule has 0 saturated carbocycles. The summed E-state index contributed by atoms with van der Waals surface area (Å²) in [4.78, 5) is 23.4. The molecule has 1 aliphatic rings. The van der Waals surface area contributed by atoms with E-state index in [4.69, 9.17) is 0 Å². The minimum absolute atomic E-state index is 0.131. The molecule has 0 spiro atoms. The Labute approximate surface area is 138 Å². The maximum absolute atomic E-state index is 13.3. The highest BCUT2D eigenvalue weighted by atomic mass is 19.1. The van der Waals surface area contributed by atoms with Gasteiger partial charge in [0.05, 0.1) is 0 Å². The predicted octanol–water partition coefficient (Wildman–Crippen LogP) is 2.74. The average Bonchev–Trinajstić information content (AvgIpc) is 3.20. The number of nitrogens with zero attached hydrogens (tertiary/aromatic N) is 4. The summed E-state index contributed by atoms with van der Waals surface area (Å²) in [5.41, 5.74) is 2.11. The Balaban J connectivity index is 1.57. The van der Waals surface area contributed by atoms with Crippen LogP contribution in [0.25, 0.3) is 11.2 Å². The van der Waals surface area contributed by atoms with E-state index in [-0.39, 0.29) is 11.8 Å². The lowest BCUT2D eigenvalue weighted by molar-refractivity contribution is 0.0790. The molecule has 24 heavy (non-hydrogen) atoms. The van der Waals surface area contributed by atoms with Crippen LogP contribution in [-0.4, -0.2) is 38.4 Å². The molecule has 3 aromatic rings. The quantitative estimate of drug-likeness (QED) is 0.728. The fourth-order valence-electron chi connectivity index (χ4n) is 3.37. The van der Waals surface area contributed by atoms with Crippen molar-refractivity contribution < 1.29 is 9.18 Å². The topological polar surface area (TPSA) is 51.0 Å². The van der Waals surface area contributed by atoms with E-state index in [0.717, 1.165) is 23.4 Å². The Morgan fingerprint density at radius 1 is 1.29 bits per heavy atom. The molecule has 3 heterocycles. The van der Waals surface area contributed by atoms with Gasteiger partial charge in [0.25, 0.3) is 5.91 Å². The molecule has 0 unspecified atom stereocenters. The number of rotatable bonds is 2. The SMILES string of the molecule is Cn1c([C@H]2CCN(C(=O)c3cccc(F)c3)C2)nc2cccnc21. The van der Waals surface area contributed by atoms with Crippen LogP contribution in [0.2, 0.25) is 0 Å². The van der Waals surface area contributed by atoms with Crippen molar-refractivity contribution in [3.8, 4) is 0 Å². The van der Waals surface area contributed by atoms with Crippen LogP contribution in [0.1, 0.15) is 28.5 Å². The molecule has 1 fully saturated rings. The summed E-state index contributed by atoms with van der Waals surface area (Å²) >= 11 is 0. The number of aryl methyl sites for hydroxylation is 1. The van der Waals surface area contributed by atoms with Gasteiger partial charge in [-0.1, -0.05) is 6.07 Å². The van der Waals surface area contributed by atoms with Crippen LogP contribution >= 0.6 is 0 Å². The van der Waals surface area contributed by atoms with Crippen LogP contribution in [0.4, 0.5) is 4.39 Å². The third-order valence-corrected chi connectivity index (χ3v) is 4.57. The second kappa shape index (κ2) is 5.70. The standard InChI is InChI=1S/C18H17FN4O/c1-22-16(21-15-6-3-8-20-17(15)22)13-7-9-23(11-13)18(24)12-4-2-5-14(19)10-12/h2-6,8,10,13H,7,9,11H2,1H3/t13-/m0/s1. The number of hydrogen-bond acceptors (Lipinski definition) is 3.